The molecular formula is C5H3INNaO3. The van der Waals surface area contributed by atoms with Crippen LogP contribution in [-0.4, -0.2) is 11.0 Å². The van der Waals surface area contributed by atoms with Gasteiger partial charge in [-0.2, -0.15) is 0 Å². The number of hydrogen-bond donors (Lipinski definition) is 0. The molecule has 54 valence electrons. The molecule has 0 spiro atoms. The van der Waals surface area contributed by atoms with Crippen LogP contribution in [0.4, 0.5) is 0 Å². The molecule has 0 atom stereocenters. The molecule has 0 N–H and O–H groups in total. The summed E-state index contributed by atoms with van der Waals surface area (Å²) in [5, 5.41) is 10.1. The zero-order valence-electron chi connectivity index (χ0n) is 6.05. The summed E-state index contributed by atoms with van der Waals surface area (Å²) in [7, 11) is 0. The molecule has 1 aromatic heterocycles. The molecule has 0 fully saturated rings. The Bertz CT molecular complexity index is 253. The Hall–Kier alpha value is 0.410. The third-order valence-corrected chi connectivity index (χ3v) is 1.92. The SMILES string of the molecule is Cc1oc(C(=O)[O-])nc1I.[Na+]. The molecule has 1 aromatic rings. The molecule has 0 aromatic carbocycles. The Balaban J connectivity index is 0.000001000. The molecule has 4 nitrogen and oxygen atoms in total. The van der Waals surface area contributed by atoms with Crippen molar-refractivity contribution in [3.05, 3.63) is 15.4 Å². The maximum atomic E-state index is 10.1. The molecule has 0 radical (unpaired) electrons. The molecule has 0 bridgehead atoms. The van der Waals surface area contributed by atoms with Crippen molar-refractivity contribution in [1.82, 2.24) is 4.98 Å². The Morgan fingerprint density at radius 3 is 2.45 bits per heavy atom. The Morgan fingerprint density at radius 2 is 2.27 bits per heavy atom. The third kappa shape index (κ3) is 2.73. The molecule has 0 saturated carbocycles. The van der Waals surface area contributed by atoms with E-state index in [9.17, 15) is 9.90 Å². The number of aryl methyl sites for hydroxylation is 1. The van der Waals surface area contributed by atoms with Gasteiger partial charge in [0.25, 0.3) is 0 Å². The van der Waals surface area contributed by atoms with Gasteiger partial charge >= 0.3 is 29.6 Å². The summed E-state index contributed by atoms with van der Waals surface area (Å²) in [5.41, 5.74) is 0. The third-order valence-electron chi connectivity index (χ3n) is 0.915. The number of aromatic carboxylic acids is 1. The van der Waals surface area contributed by atoms with Gasteiger partial charge in [0.05, 0.1) is 0 Å². The van der Waals surface area contributed by atoms with E-state index in [2.05, 4.69) is 4.98 Å². The number of oxazole rings is 1. The van der Waals surface area contributed by atoms with Gasteiger partial charge in [-0.1, -0.05) is 0 Å². The topological polar surface area (TPSA) is 66.2 Å². The van der Waals surface area contributed by atoms with Gasteiger partial charge in [-0.25, -0.2) is 4.98 Å². The molecule has 0 aliphatic rings. The normalized spacial score (nSPS) is 8.91. The van der Waals surface area contributed by atoms with Crippen molar-refractivity contribution < 1.29 is 43.9 Å². The van der Waals surface area contributed by atoms with E-state index >= 15 is 0 Å². The maximum Gasteiger partial charge on any atom is 1.00 e. The number of carboxylic acids is 1. The second kappa shape index (κ2) is 4.44. The number of carboxylic acid groups (broad SMARTS) is 1. The number of halogens is 1. The van der Waals surface area contributed by atoms with Crippen LogP contribution in [0.25, 0.3) is 0 Å². The van der Waals surface area contributed by atoms with Crippen LogP contribution in [-0.2, 0) is 0 Å². The first-order valence-electron chi connectivity index (χ1n) is 2.45. The van der Waals surface area contributed by atoms with Gasteiger partial charge < -0.3 is 14.3 Å². The van der Waals surface area contributed by atoms with Gasteiger partial charge in [-0.05, 0) is 29.5 Å². The predicted molar refractivity (Wildman–Crippen MR) is 38.3 cm³/mol. The minimum absolute atomic E-state index is 0. The van der Waals surface area contributed by atoms with Crippen molar-refractivity contribution in [1.29, 1.82) is 0 Å². The standard InChI is InChI=1S/C5H4INO3.Na/c1-2-3(6)7-4(10-2)5(8)9;/h1H3,(H,8,9);/q;+1/p-1. The molecule has 0 unspecified atom stereocenters. The van der Waals surface area contributed by atoms with Crippen molar-refractivity contribution in [2.24, 2.45) is 0 Å². The van der Waals surface area contributed by atoms with Crippen LogP contribution in [0.5, 0.6) is 0 Å². The van der Waals surface area contributed by atoms with Crippen LogP contribution in [0, 0.1) is 10.6 Å². The number of carbonyl (C=O) groups is 1. The van der Waals surface area contributed by atoms with Crippen LogP contribution in [0.3, 0.4) is 0 Å². The van der Waals surface area contributed by atoms with Gasteiger partial charge in [-0.3, -0.25) is 0 Å². The van der Waals surface area contributed by atoms with Gasteiger partial charge in [-0.15, -0.1) is 0 Å². The summed E-state index contributed by atoms with van der Waals surface area (Å²) in [6, 6.07) is 0. The van der Waals surface area contributed by atoms with Crippen LogP contribution in [0.1, 0.15) is 16.4 Å². The smallest absolute Gasteiger partial charge is 0.540 e. The Labute approximate surface area is 98.8 Å². The van der Waals surface area contributed by atoms with Gasteiger partial charge in [0.1, 0.15) is 15.4 Å². The summed E-state index contributed by atoms with van der Waals surface area (Å²) < 4.78 is 5.25. The summed E-state index contributed by atoms with van der Waals surface area (Å²) in [6.45, 7) is 1.64. The van der Waals surface area contributed by atoms with E-state index in [4.69, 9.17) is 4.42 Å². The molecule has 1 heterocycles. The fourth-order valence-electron chi connectivity index (χ4n) is 0.465. The van der Waals surface area contributed by atoms with Crippen molar-refractivity contribution in [2.75, 3.05) is 0 Å². The monoisotopic (exact) mass is 275 g/mol. The molecule has 0 saturated heterocycles. The van der Waals surface area contributed by atoms with Gasteiger partial charge in [0.2, 0.25) is 5.89 Å². The minimum Gasteiger partial charge on any atom is -0.540 e. The van der Waals surface area contributed by atoms with Crippen molar-refractivity contribution in [3.63, 3.8) is 0 Å². The number of rotatable bonds is 1. The Kier molecular flexibility index (Phi) is 4.60. The quantitative estimate of drug-likeness (QED) is 0.403. The van der Waals surface area contributed by atoms with Crippen molar-refractivity contribution >= 4 is 28.6 Å². The summed E-state index contributed by atoms with van der Waals surface area (Å²) in [6.07, 6.45) is 0. The van der Waals surface area contributed by atoms with E-state index in [1.807, 2.05) is 22.6 Å². The number of nitrogens with zero attached hydrogens (tertiary/aromatic N) is 1. The van der Waals surface area contributed by atoms with E-state index in [1.54, 1.807) is 6.92 Å². The summed E-state index contributed by atoms with van der Waals surface area (Å²) in [4.78, 5) is 13.7. The molecule has 1 rings (SSSR count). The average molecular weight is 275 g/mol. The number of carbonyl (C=O) groups excluding carboxylic acids is 1. The molecular weight excluding hydrogens is 272 g/mol. The van der Waals surface area contributed by atoms with Gasteiger partial charge in [0, 0.05) is 0 Å². The van der Waals surface area contributed by atoms with Crippen LogP contribution < -0.4 is 34.7 Å². The van der Waals surface area contributed by atoms with Crippen molar-refractivity contribution in [3.8, 4) is 0 Å². The summed E-state index contributed by atoms with van der Waals surface area (Å²) in [5.74, 6) is -1.24. The average Bonchev–Trinajstić information content (AvgIpc) is 2.13. The minimum atomic E-state index is -1.38. The molecule has 11 heavy (non-hydrogen) atoms. The van der Waals surface area contributed by atoms with Crippen molar-refractivity contribution in [2.45, 2.75) is 6.92 Å². The summed E-state index contributed by atoms with van der Waals surface area (Å²) >= 11 is 1.88. The first-order chi connectivity index (χ1) is 4.61. The van der Waals surface area contributed by atoms with Gasteiger partial charge in [0.15, 0.2) is 0 Å². The number of hydrogen-bond acceptors (Lipinski definition) is 4. The fraction of sp³-hybridized carbons (Fsp3) is 0.200. The van der Waals surface area contributed by atoms with E-state index in [0.717, 1.165) is 0 Å². The largest absolute Gasteiger partial charge is 1.00 e. The van der Waals surface area contributed by atoms with E-state index in [0.29, 0.717) is 9.46 Å². The second-order valence-electron chi connectivity index (χ2n) is 1.65. The molecule has 0 aliphatic heterocycles. The zero-order valence-corrected chi connectivity index (χ0v) is 10.2. The molecule has 0 aliphatic carbocycles. The first kappa shape index (κ1) is 11.4. The molecule has 6 heteroatoms. The predicted octanol–water partition coefficient (Wildman–Crippen LogP) is -3.04. The maximum absolute atomic E-state index is 10.1. The van der Waals surface area contributed by atoms with E-state index in [1.165, 1.54) is 0 Å². The fourth-order valence-corrected chi connectivity index (χ4v) is 0.794. The van der Waals surface area contributed by atoms with Crippen LogP contribution in [0.15, 0.2) is 4.42 Å². The Morgan fingerprint density at radius 1 is 1.73 bits per heavy atom. The van der Waals surface area contributed by atoms with E-state index < -0.39 is 5.97 Å². The van der Waals surface area contributed by atoms with E-state index in [-0.39, 0.29) is 35.4 Å². The van der Waals surface area contributed by atoms with Crippen LogP contribution in [0.2, 0.25) is 0 Å². The zero-order chi connectivity index (χ0) is 7.72. The number of aromatic nitrogens is 1. The van der Waals surface area contributed by atoms with Crippen LogP contribution >= 0.6 is 22.6 Å². The second-order valence-corrected chi connectivity index (χ2v) is 2.68. The first-order valence-corrected chi connectivity index (χ1v) is 3.53. The molecule has 0 amide bonds.